The lowest BCUT2D eigenvalue weighted by atomic mass is 10.3. The number of anilines is 2. The lowest BCUT2D eigenvalue weighted by molar-refractivity contribution is -0.137. The Hall–Kier alpha value is -1.60. The van der Waals surface area contributed by atoms with Gasteiger partial charge in [-0.15, -0.1) is 10.2 Å². The van der Waals surface area contributed by atoms with Gasteiger partial charge in [-0.05, 0) is 12.1 Å². The number of benzene rings is 1. The summed E-state index contributed by atoms with van der Waals surface area (Å²) in [6, 6.07) is 9.78. The molecule has 0 saturated carbocycles. The predicted octanol–water partition coefficient (Wildman–Crippen LogP) is 2.69. The summed E-state index contributed by atoms with van der Waals surface area (Å²) in [7, 11) is 0. The van der Waals surface area contributed by atoms with E-state index in [2.05, 4.69) is 15.5 Å². The molecule has 2 heterocycles. The lowest BCUT2D eigenvalue weighted by Gasteiger charge is -2.00. The number of hydrogen-bond donors (Lipinski definition) is 1. The molecule has 0 radical (unpaired) electrons. The van der Waals surface area contributed by atoms with Gasteiger partial charge in [0.15, 0.2) is 4.34 Å². The van der Waals surface area contributed by atoms with E-state index in [0.29, 0.717) is 6.61 Å². The highest BCUT2D eigenvalue weighted by Gasteiger charge is 2.28. The fourth-order valence-corrected chi connectivity index (χ4v) is 3.64. The second kappa shape index (κ2) is 5.58. The first-order chi connectivity index (χ1) is 9.31. The average Bonchev–Trinajstić information content (AvgIpc) is 3.02. The summed E-state index contributed by atoms with van der Waals surface area (Å²) in [5.41, 5.74) is 0.968. The summed E-state index contributed by atoms with van der Waals surface area (Å²) in [5.74, 6) is -0.155. The van der Waals surface area contributed by atoms with Gasteiger partial charge in [-0.3, -0.25) is 4.79 Å². The molecule has 0 amide bonds. The van der Waals surface area contributed by atoms with E-state index in [9.17, 15) is 4.79 Å². The number of rotatable bonds is 4. The molecule has 1 fully saturated rings. The SMILES string of the molecule is O=C1OCC[C@@H]1Sc1nnc(Nc2ccccc2)s1. The molecule has 5 nitrogen and oxygen atoms in total. The molecular formula is C12H11N3O2S2. The van der Waals surface area contributed by atoms with E-state index in [0.717, 1.165) is 21.6 Å². The fraction of sp³-hybridized carbons (Fsp3) is 0.250. The number of carbonyl (C=O) groups is 1. The molecule has 0 spiro atoms. The van der Waals surface area contributed by atoms with E-state index in [1.165, 1.54) is 23.1 Å². The van der Waals surface area contributed by atoms with E-state index in [4.69, 9.17) is 4.74 Å². The van der Waals surface area contributed by atoms with Crippen LogP contribution in [-0.2, 0) is 9.53 Å². The second-order valence-electron chi connectivity index (χ2n) is 3.93. The number of cyclic esters (lactones) is 1. The first-order valence-corrected chi connectivity index (χ1v) is 7.50. The zero-order valence-electron chi connectivity index (χ0n) is 9.91. The van der Waals surface area contributed by atoms with Crippen LogP contribution in [0.1, 0.15) is 6.42 Å². The van der Waals surface area contributed by atoms with E-state index in [1.807, 2.05) is 30.3 Å². The number of aromatic nitrogens is 2. The zero-order chi connectivity index (χ0) is 13.1. The largest absolute Gasteiger partial charge is 0.465 e. The summed E-state index contributed by atoms with van der Waals surface area (Å²) in [6.45, 7) is 0.504. The van der Waals surface area contributed by atoms with Crippen LogP contribution >= 0.6 is 23.1 Å². The van der Waals surface area contributed by atoms with Crippen molar-refractivity contribution in [1.82, 2.24) is 10.2 Å². The van der Waals surface area contributed by atoms with Crippen molar-refractivity contribution >= 4 is 39.9 Å². The Labute approximate surface area is 118 Å². The van der Waals surface area contributed by atoms with E-state index < -0.39 is 0 Å². The first kappa shape index (κ1) is 12.4. The third-order valence-corrected chi connectivity index (χ3v) is 4.73. The number of thioether (sulfide) groups is 1. The summed E-state index contributed by atoms with van der Waals surface area (Å²) in [5, 5.41) is 11.9. The Balaban J connectivity index is 1.65. The monoisotopic (exact) mass is 293 g/mol. The molecule has 19 heavy (non-hydrogen) atoms. The van der Waals surface area contributed by atoms with Crippen molar-refractivity contribution < 1.29 is 9.53 Å². The van der Waals surface area contributed by atoms with E-state index in [-0.39, 0.29) is 11.2 Å². The number of para-hydroxylation sites is 1. The fourth-order valence-electron chi connectivity index (χ4n) is 1.66. The van der Waals surface area contributed by atoms with Crippen molar-refractivity contribution in [2.24, 2.45) is 0 Å². The summed E-state index contributed by atoms with van der Waals surface area (Å²) in [4.78, 5) is 11.4. The predicted molar refractivity (Wildman–Crippen MR) is 74.9 cm³/mol. The molecule has 2 aromatic rings. The Kier molecular flexibility index (Phi) is 3.65. The number of esters is 1. The quantitative estimate of drug-likeness (QED) is 0.874. The molecule has 1 aliphatic heterocycles. The van der Waals surface area contributed by atoms with Crippen LogP contribution in [0.2, 0.25) is 0 Å². The number of carbonyl (C=O) groups excluding carboxylic acids is 1. The Morgan fingerprint density at radius 3 is 2.89 bits per heavy atom. The third kappa shape index (κ3) is 3.05. The van der Waals surface area contributed by atoms with E-state index >= 15 is 0 Å². The van der Waals surface area contributed by atoms with E-state index in [1.54, 1.807) is 0 Å². The maximum absolute atomic E-state index is 11.4. The third-order valence-electron chi connectivity index (χ3n) is 2.56. The van der Waals surface area contributed by atoms with Crippen LogP contribution in [0, 0.1) is 0 Å². The minimum Gasteiger partial charge on any atom is -0.465 e. The minimum atomic E-state index is -0.155. The van der Waals surface area contributed by atoms with Gasteiger partial charge < -0.3 is 10.1 Å². The maximum atomic E-state index is 11.4. The van der Waals surface area contributed by atoms with Crippen molar-refractivity contribution in [2.75, 3.05) is 11.9 Å². The van der Waals surface area contributed by atoms with Gasteiger partial charge in [0.05, 0.1) is 6.61 Å². The topological polar surface area (TPSA) is 64.1 Å². The molecule has 0 unspecified atom stereocenters. The van der Waals surface area contributed by atoms with Crippen LogP contribution in [-0.4, -0.2) is 28.0 Å². The van der Waals surface area contributed by atoms with Crippen molar-refractivity contribution in [3.05, 3.63) is 30.3 Å². The number of hydrogen-bond acceptors (Lipinski definition) is 7. The van der Waals surface area contributed by atoms with Gasteiger partial charge in [0.1, 0.15) is 5.25 Å². The Bertz CT molecular complexity index is 573. The van der Waals surface area contributed by atoms with Crippen molar-refractivity contribution in [1.29, 1.82) is 0 Å². The standard InChI is InChI=1S/C12H11N3O2S2/c16-10-9(6-7-17-10)18-12-15-14-11(19-12)13-8-4-2-1-3-5-8/h1-5,9H,6-7H2,(H,13,14)/t9-/m0/s1. The van der Waals surface area contributed by atoms with Gasteiger partial charge in [0.25, 0.3) is 0 Å². The van der Waals surface area contributed by atoms with Crippen LogP contribution in [0.3, 0.4) is 0 Å². The minimum absolute atomic E-state index is 0.141. The molecule has 3 rings (SSSR count). The molecule has 1 atom stereocenters. The Morgan fingerprint density at radius 2 is 2.16 bits per heavy atom. The highest BCUT2D eigenvalue weighted by atomic mass is 32.2. The van der Waals surface area contributed by atoms with Crippen molar-refractivity contribution in [3.63, 3.8) is 0 Å². The van der Waals surface area contributed by atoms with Gasteiger partial charge in [-0.1, -0.05) is 41.3 Å². The normalized spacial score (nSPS) is 18.3. The number of nitrogens with zero attached hydrogens (tertiary/aromatic N) is 2. The highest BCUT2D eigenvalue weighted by Crippen LogP contribution is 2.33. The average molecular weight is 293 g/mol. The smallest absolute Gasteiger partial charge is 0.319 e. The van der Waals surface area contributed by atoms with Crippen LogP contribution in [0.5, 0.6) is 0 Å². The molecule has 1 saturated heterocycles. The van der Waals surface area contributed by atoms with Crippen LogP contribution in [0.25, 0.3) is 0 Å². The number of nitrogens with one attached hydrogen (secondary N) is 1. The summed E-state index contributed by atoms with van der Waals surface area (Å²) in [6.07, 6.45) is 0.741. The van der Waals surface area contributed by atoms with Gasteiger partial charge in [0, 0.05) is 12.1 Å². The molecule has 1 N–H and O–H groups in total. The first-order valence-electron chi connectivity index (χ1n) is 5.80. The second-order valence-corrected chi connectivity index (χ2v) is 6.35. The molecule has 1 aromatic carbocycles. The summed E-state index contributed by atoms with van der Waals surface area (Å²) >= 11 is 2.86. The zero-order valence-corrected chi connectivity index (χ0v) is 11.5. The van der Waals surface area contributed by atoms with Crippen LogP contribution in [0.4, 0.5) is 10.8 Å². The molecule has 0 aliphatic carbocycles. The van der Waals surface area contributed by atoms with Gasteiger partial charge in [0.2, 0.25) is 5.13 Å². The lowest BCUT2D eigenvalue weighted by Crippen LogP contribution is -2.08. The molecule has 1 aliphatic rings. The van der Waals surface area contributed by atoms with Crippen LogP contribution in [0.15, 0.2) is 34.7 Å². The van der Waals surface area contributed by atoms with Gasteiger partial charge in [-0.2, -0.15) is 0 Å². The Morgan fingerprint density at radius 1 is 1.32 bits per heavy atom. The van der Waals surface area contributed by atoms with Gasteiger partial charge in [-0.25, -0.2) is 0 Å². The maximum Gasteiger partial charge on any atom is 0.319 e. The molecule has 7 heteroatoms. The van der Waals surface area contributed by atoms with Gasteiger partial charge >= 0.3 is 5.97 Å². The molecule has 98 valence electrons. The van der Waals surface area contributed by atoms with Crippen LogP contribution < -0.4 is 5.32 Å². The number of ether oxygens (including phenoxy) is 1. The van der Waals surface area contributed by atoms with Crippen molar-refractivity contribution in [2.45, 2.75) is 16.0 Å². The highest BCUT2D eigenvalue weighted by molar-refractivity contribution is 8.02. The molecule has 1 aromatic heterocycles. The molecule has 0 bridgehead atoms. The molecular weight excluding hydrogens is 282 g/mol. The summed E-state index contributed by atoms with van der Waals surface area (Å²) < 4.78 is 5.70. The van der Waals surface area contributed by atoms with Crippen molar-refractivity contribution in [3.8, 4) is 0 Å².